The highest BCUT2D eigenvalue weighted by Gasteiger charge is 2.73. The third-order valence-electron chi connectivity index (χ3n) is 9.21. The van der Waals surface area contributed by atoms with Gasteiger partial charge in [-0.15, -0.1) is 23.2 Å². The summed E-state index contributed by atoms with van der Waals surface area (Å²) in [7, 11) is 0. The quantitative estimate of drug-likeness (QED) is 0.175. The first-order chi connectivity index (χ1) is 20.7. The van der Waals surface area contributed by atoms with E-state index in [4.69, 9.17) is 23.2 Å². The van der Waals surface area contributed by atoms with Gasteiger partial charge in [-0.2, -0.15) is 0 Å². The van der Waals surface area contributed by atoms with Gasteiger partial charge < -0.3 is 5.32 Å². The lowest BCUT2D eigenvalue weighted by molar-refractivity contribution is -0.146. The standard InChI is InChI=1S/C35H27BrCl2N2O3/c1-2-21-19-22(36)16-17-27(21)39-31(41)28(18-20-10-4-3-5-11-20)40-32(42)29-30(33(40)43)35(38)24-13-7-6-12-23(24)34(29,37)25-14-8-9-15-26(25)35/h3-17,19,28-30H,2,18H2,1H3,(H,39,41)/t28-,29+,30+,34?,35?/m0/s1. The van der Waals surface area contributed by atoms with Gasteiger partial charge in [-0.3, -0.25) is 19.3 Å². The number of imide groups is 1. The second-order valence-corrected chi connectivity index (χ2v) is 13.5. The Hall–Kier alpha value is -3.45. The number of hydrogen-bond acceptors (Lipinski definition) is 3. The summed E-state index contributed by atoms with van der Waals surface area (Å²) >= 11 is 18.7. The second-order valence-electron chi connectivity index (χ2n) is 11.4. The average Bonchev–Trinajstić information content (AvgIpc) is 3.30. The molecule has 3 aliphatic carbocycles. The molecule has 5 nitrogen and oxygen atoms in total. The van der Waals surface area contributed by atoms with Crippen LogP contribution in [0.5, 0.6) is 0 Å². The Balaban J connectivity index is 1.36. The summed E-state index contributed by atoms with van der Waals surface area (Å²) < 4.78 is 0.895. The van der Waals surface area contributed by atoms with Gasteiger partial charge in [-0.25, -0.2) is 0 Å². The number of halogens is 3. The van der Waals surface area contributed by atoms with Gasteiger partial charge >= 0.3 is 0 Å². The first-order valence-corrected chi connectivity index (χ1v) is 15.8. The number of benzene rings is 4. The molecule has 1 aliphatic heterocycles. The van der Waals surface area contributed by atoms with Crippen molar-refractivity contribution in [2.45, 2.75) is 35.6 Å². The number of nitrogens with zero attached hydrogens (tertiary/aromatic N) is 1. The van der Waals surface area contributed by atoms with Gasteiger partial charge in [0.15, 0.2) is 0 Å². The number of hydrogen-bond donors (Lipinski definition) is 1. The van der Waals surface area contributed by atoms with E-state index in [-0.39, 0.29) is 6.42 Å². The van der Waals surface area contributed by atoms with Gasteiger partial charge in [0.2, 0.25) is 17.7 Å². The van der Waals surface area contributed by atoms with Gasteiger partial charge in [0.25, 0.3) is 0 Å². The van der Waals surface area contributed by atoms with Crippen LogP contribution in [-0.4, -0.2) is 28.7 Å². The zero-order valence-corrected chi connectivity index (χ0v) is 26.3. The maximum Gasteiger partial charge on any atom is 0.248 e. The topological polar surface area (TPSA) is 66.5 Å². The number of carbonyl (C=O) groups excluding carboxylic acids is 3. The van der Waals surface area contributed by atoms with E-state index in [1.54, 1.807) is 0 Å². The van der Waals surface area contributed by atoms with Crippen LogP contribution < -0.4 is 5.32 Å². The van der Waals surface area contributed by atoms with Gasteiger partial charge in [0.1, 0.15) is 15.8 Å². The molecule has 0 radical (unpaired) electrons. The zero-order chi connectivity index (χ0) is 30.1. The van der Waals surface area contributed by atoms with Crippen LogP contribution in [0.15, 0.2) is 102 Å². The zero-order valence-electron chi connectivity index (χ0n) is 23.2. The summed E-state index contributed by atoms with van der Waals surface area (Å²) in [4.78, 5) is 42.0. The normalized spacial score (nSPS) is 25.6. The third kappa shape index (κ3) is 3.99. The largest absolute Gasteiger partial charge is 0.324 e. The summed E-state index contributed by atoms with van der Waals surface area (Å²) in [5.41, 5.74) is 5.27. The van der Waals surface area contributed by atoms with E-state index in [0.717, 1.165) is 42.8 Å². The van der Waals surface area contributed by atoms with E-state index in [1.165, 1.54) is 0 Å². The Bertz CT molecular complexity index is 1690. The molecule has 1 N–H and O–H groups in total. The van der Waals surface area contributed by atoms with E-state index in [1.807, 2.05) is 104 Å². The number of amides is 3. The van der Waals surface area contributed by atoms with Crippen LogP contribution in [0.2, 0.25) is 0 Å². The highest BCUT2D eigenvalue weighted by Crippen LogP contribution is 2.69. The van der Waals surface area contributed by atoms with Crippen LogP contribution in [0.25, 0.3) is 0 Å². The average molecular weight is 674 g/mol. The Morgan fingerprint density at radius 2 is 1.30 bits per heavy atom. The van der Waals surface area contributed by atoms with Crippen molar-refractivity contribution in [1.82, 2.24) is 4.90 Å². The summed E-state index contributed by atoms with van der Waals surface area (Å²) in [6.45, 7) is 2.00. The second kappa shape index (κ2) is 10.3. The van der Waals surface area contributed by atoms with E-state index < -0.39 is 45.3 Å². The van der Waals surface area contributed by atoms with Crippen molar-refractivity contribution in [2.75, 3.05) is 5.32 Å². The number of alkyl halides is 2. The maximum absolute atomic E-state index is 14.6. The summed E-state index contributed by atoms with van der Waals surface area (Å²) in [6, 6.07) is 28.9. The van der Waals surface area contributed by atoms with Gasteiger partial charge in [0.05, 0.1) is 11.8 Å². The number of carbonyl (C=O) groups is 3. The lowest BCUT2D eigenvalue weighted by Crippen LogP contribution is -2.57. The number of anilines is 1. The number of rotatable bonds is 6. The SMILES string of the molecule is CCc1cc(Br)ccc1NC(=O)[C@H](Cc1ccccc1)N1C(=O)[C@H]2[C@H](C1=O)C1(Cl)c3ccccc3C2(Cl)c2ccccc21. The van der Waals surface area contributed by atoms with Crippen LogP contribution in [0.4, 0.5) is 5.69 Å². The molecule has 1 heterocycles. The predicted octanol–water partition coefficient (Wildman–Crippen LogP) is 7.15. The Kier molecular flexibility index (Phi) is 6.80. The molecule has 0 spiro atoms. The molecule has 0 unspecified atom stereocenters. The van der Waals surface area contributed by atoms with Crippen LogP contribution in [0, 0.1) is 11.8 Å². The minimum absolute atomic E-state index is 0.145. The van der Waals surface area contributed by atoms with Crippen molar-refractivity contribution in [3.05, 3.63) is 135 Å². The molecule has 8 heteroatoms. The minimum atomic E-state index is -1.31. The molecular weight excluding hydrogens is 647 g/mol. The van der Waals surface area contributed by atoms with Crippen molar-refractivity contribution in [3.8, 4) is 0 Å². The fraction of sp³-hybridized carbons (Fsp3) is 0.229. The Morgan fingerprint density at radius 1 is 0.814 bits per heavy atom. The molecule has 4 aromatic rings. The molecule has 3 amide bonds. The number of nitrogens with one attached hydrogen (secondary N) is 1. The molecular formula is C35H27BrCl2N2O3. The molecule has 1 saturated heterocycles. The molecule has 8 rings (SSSR count). The van der Waals surface area contributed by atoms with Gasteiger partial charge in [-0.05, 0) is 58.0 Å². The van der Waals surface area contributed by atoms with E-state index in [2.05, 4.69) is 21.2 Å². The lowest BCUT2D eigenvalue weighted by Gasteiger charge is -2.54. The highest BCUT2D eigenvalue weighted by atomic mass is 79.9. The Morgan fingerprint density at radius 3 is 1.79 bits per heavy atom. The molecule has 1 fully saturated rings. The summed E-state index contributed by atoms with van der Waals surface area (Å²) in [5.74, 6) is -3.37. The molecule has 216 valence electrons. The van der Waals surface area contributed by atoms with Crippen LogP contribution in [0.1, 0.15) is 40.3 Å². The third-order valence-corrected chi connectivity index (χ3v) is 11.0. The van der Waals surface area contributed by atoms with Crippen LogP contribution in [-0.2, 0) is 37.0 Å². The van der Waals surface area contributed by atoms with Crippen molar-refractivity contribution in [3.63, 3.8) is 0 Å². The first-order valence-electron chi connectivity index (χ1n) is 14.3. The van der Waals surface area contributed by atoms with Crippen LogP contribution >= 0.6 is 39.1 Å². The molecule has 0 aromatic heterocycles. The monoisotopic (exact) mass is 672 g/mol. The Labute approximate surface area is 268 Å². The number of likely N-dealkylation sites (tertiary alicyclic amines) is 1. The van der Waals surface area contributed by atoms with E-state index in [0.29, 0.717) is 12.1 Å². The first kappa shape index (κ1) is 28.3. The van der Waals surface area contributed by atoms with Gasteiger partial charge in [-0.1, -0.05) is 102 Å². The summed E-state index contributed by atoms with van der Waals surface area (Å²) in [5, 5.41) is 3.03. The maximum atomic E-state index is 14.6. The van der Waals surface area contributed by atoms with E-state index >= 15 is 0 Å². The highest BCUT2D eigenvalue weighted by molar-refractivity contribution is 9.10. The van der Waals surface area contributed by atoms with E-state index in [9.17, 15) is 14.4 Å². The molecule has 4 aliphatic rings. The molecule has 2 bridgehead atoms. The van der Waals surface area contributed by atoms with Crippen LogP contribution in [0.3, 0.4) is 0 Å². The predicted molar refractivity (Wildman–Crippen MR) is 171 cm³/mol. The number of aryl methyl sites for hydroxylation is 1. The van der Waals surface area contributed by atoms with Crippen molar-refractivity contribution in [1.29, 1.82) is 0 Å². The molecule has 4 aromatic carbocycles. The molecule has 3 atom stereocenters. The molecule has 0 saturated carbocycles. The summed E-state index contributed by atoms with van der Waals surface area (Å²) in [6.07, 6.45) is 0.830. The smallest absolute Gasteiger partial charge is 0.248 e. The van der Waals surface area contributed by atoms with Crippen molar-refractivity contribution < 1.29 is 14.4 Å². The fourth-order valence-electron chi connectivity index (χ4n) is 7.33. The van der Waals surface area contributed by atoms with Crippen molar-refractivity contribution >= 4 is 62.5 Å². The minimum Gasteiger partial charge on any atom is -0.324 e. The molecule has 43 heavy (non-hydrogen) atoms. The lowest BCUT2D eigenvalue weighted by atomic mass is 9.54. The van der Waals surface area contributed by atoms with Crippen molar-refractivity contribution in [2.24, 2.45) is 11.8 Å². The fourth-order valence-corrected chi connectivity index (χ4v) is 8.83. The van der Waals surface area contributed by atoms with Gasteiger partial charge in [0, 0.05) is 16.6 Å².